The van der Waals surface area contributed by atoms with Crippen molar-refractivity contribution in [1.82, 2.24) is 9.78 Å². The molecule has 1 aromatic carbocycles. The number of hydrogen-bond donors (Lipinski definition) is 0. The van der Waals surface area contributed by atoms with E-state index in [1.54, 1.807) is 10.8 Å². The molecular formula is C25H42N2O2Sn. The van der Waals surface area contributed by atoms with Crippen LogP contribution in [0.5, 0.6) is 5.75 Å². The number of hydrogen-bond acceptors (Lipinski definition) is 3. The number of methoxy groups -OCH3 is 1. The van der Waals surface area contributed by atoms with Gasteiger partial charge >= 0.3 is 189 Å². The first-order chi connectivity index (χ1) is 14.6. The normalized spacial score (nSPS) is 11.8. The molecule has 2 aromatic rings. The maximum atomic E-state index is 6.18. The van der Waals surface area contributed by atoms with E-state index in [9.17, 15) is 0 Å². The molecule has 0 unspecified atom stereocenters. The molecule has 0 bridgehead atoms. The first-order valence-corrected chi connectivity index (χ1v) is 19.3. The molecule has 1 aromatic heterocycles. The van der Waals surface area contributed by atoms with Crippen molar-refractivity contribution < 1.29 is 9.47 Å². The fourth-order valence-electron chi connectivity index (χ4n) is 4.55. The Bertz CT molecular complexity index is 705. The van der Waals surface area contributed by atoms with E-state index in [-0.39, 0.29) is 0 Å². The van der Waals surface area contributed by atoms with Gasteiger partial charge in [0.1, 0.15) is 0 Å². The second kappa shape index (κ2) is 13.4. The number of nitrogens with zero attached hydrogens (tertiary/aromatic N) is 2. The quantitative estimate of drug-likeness (QED) is 0.262. The number of benzene rings is 1. The van der Waals surface area contributed by atoms with E-state index in [4.69, 9.17) is 14.6 Å². The molecular weight excluding hydrogens is 479 g/mol. The minimum absolute atomic E-state index is 0.625. The summed E-state index contributed by atoms with van der Waals surface area (Å²) in [6.07, 6.45) is 10.0. The molecule has 0 N–H and O–H groups in total. The number of ether oxygens (including phenoxy) is 2. The predicted octanol–water partition coefficient (Wildman–Crippen LogP) is 6.20. The number of rotatable bonds is 15. The number of aryl methyl sites for hydroxylation is 1. The fourth-order valence-corrected chi connectivity index (χ4v) is 22.0. The van der Waals surface area contributed by atoms with Gasteiger partial charge in [-0.15, -0.1) is 0 Å². The summed E-state index contributed by atoms with van der Waals surface area (Å²) in [6, 6.07) is 8.15. The fraction of sp³-hybridized carbons (Fsp3) is 0.640. The second-order valence-electron chi connectivity index (χ2n) is 8.57. The van der Waals surface area contributed by atoms with Gasteiger partial charge in [-0.3, -0.25) is 0 Å². The molecule has 168 valence electrons. The Morgan fingerprint density at radius 1 is 0.867 bits per heavy atom. The summed E-state index contributed by atoms with van der Waals surface area (Å²) in [7, 11) is 3.86. The summed E-state index contributed by atoms with van der Waals surface area (Å²) in [5.74, 6) is 0.884. The molecule has 1 heterocycles. The van der Waals surface area contributed by atoms with Crippen molar-refractivity contribution in [3.63, 3.8) is 0 Å². The van der Waals surface area contributed by atoms with E-state index in [2.05, 4.69) is 50.8 Å². The van der Waals surface area contributed by atoms with Crippen molar-refractivity contribution >= 4 is 22.1 Å². The van der Waals surface area contributed by atoms with E-state index in [0.29, 0.717) is 13.2 Å². The number of aromatic nitrogens is 2. The van der Waals surface area contributed by atoms with Crippen molar-refractivity contribution in [1.29, 1.82) is 0 Å². The van der Waals surface area contributed by atoms with Crippen LogP contribution in [0.15, 0.2) is 30.5 Å². The minimum atomic E-state index is -2.54. The van der Waals surface area contributed by atoms with Crippen molar-refractivity contribution in [2.75, 3.05) is 7.11 Å². The zero-order chi connectivity index (χ0) is 21.8. The zero-order valence-electron chi connectivity index (χ0n) is 19.9. The molecule has 0 aliphatic heterocycles. The third kappa shape index (κ3) is 7.01. The Kier molecular flexibility index (Phi) is 11.3. The van der Waals surface area contributed by atoms with Gasteiger partial charge in [0.15, 0.2) is 0 Å². The van der Waals surface area contributed by atoms with Crippen molar-refractivity contribution in [2.45, 2.75) is 85.8 Å². The molecule has 0 amide bonds. The van der Waals surface area contributed by atoms with Gasteiger partial charge in [0.2, 0.25) is 0 Å². The third-order valence-electron chi connectivity index (χ3n) is 6.23. The van der Waals surface area contributed by atoms with Crippen LogP contribution < -0.4 is 8.45 Å². The van der Waals surface area contributed by atoms with E-state index in [1.807, 2.05) is 12.1 Å². The first-order valence-electron chi connectivity index (χ1n) is 11.8. The number of unbranched alkanes of at least 4 members (excludes halogenated alkanes) is 3. The molecule has 4 nitrogen and oxygen atoms in total. The average Bonchev–Trinajstić information content (AvgIpc) is 3.15. The van der Waals surface area contributed by atoms with Crippen LogP contribution in [0.2, 0.25) is 13.3 Å². The molecule has 0 fully saturated rings. The molecule has 0 saturated carbocycles. The third-order valence-corrected chi connectivity index (χ3v) is 22.2. The summed E-state index contributed by atoms with van der Waals surface area (Å²) in [4.78, 5) is 0. The van der Waals surface area contributed by atoms with E-state index in [0.717, 1.165) is 5.75 Å². The van der Waals surface area contributed by atoms with Crippen LogP contribution in [0.3, 0.4) is 0 Å². The summed E-state index contributed by atoms with van der Waals surface area (Å²) in [5.41, 5.74) is 2.53. The molecule has 0 saturated heterocycles. The van der Waals surface area contributed by atoms with Gasteiger partial charge in [-0.05, 0) is 0 Å². The SMILES string of the molecule is CCC[CH2][Sn]([CH2]CCC)([CH2]CCC)[c]1c(COCc2ccc(OC)cc2)cnn1C. The van der Waals surface area contributed by atoms with Crippen LogP contribution in [0, 0.1) is 0 Å². The van der Waals surface area contributed by atoms with E-state index < -0.39 is 18.4 Å². The molecule has 0 aliphatic carbocycles. The summed E-state index contributed by atoms with van der Waals surface area (Å²) in [5, 5.41) is 4.73. The van der Waals surface area contributed by atoms with Gasteiger partial charge in [-0.2, -0.15) is 0 Å². The van der Waals surface area contributed by atoms with Crippen LogP contribution >= 0.6 is 0 Å². The average molecular weight is 521 g/mol. The summed E-state index contributed by atoms with van der Waals surface area (Å²) >= 11 is -2.54. The zero-order valence-corrected chi connectivity index (χ0v) is 22.7. The molecule has 30 heavy (non-hydrogen) atoms. The monoisotopic (exact) mass is 522 g/mol. The Hall–Kier alpha value is -1.01. The molecule has 0 atom stereocenters. The standard InChI is InChI=1S/C13H15N2O2.3C4H9.Sn/c1-15-8-12(7-14-15)10-17-9-11-3-5-13(16-2)6-4-11;3*1-3-4-2;/h3-7H,9-10H2,1-2H3;3*1,3-4H2,2H3;. The van der Waals surface area contributed by atoms with E-state index in [1.165, 1.54) is 63.0 Å². The summed E-state index contributed by atoms with van der Waals surface area (Å²) in [6.45, 7) is 8.28. The van der Waals surface area contributed by atoms with Gasteiger partial charge in [0.25, 0.3) is 0 Å². The van der Waals surface area contributed by atoms with E-state index >= 15 is 0 Å². The Balaban J connectivity index is 2.20. The van der Waals surface area contributed by atoms with Crippen LogP contribution in [0.4, 0.5) is 0 Å². The Labute approximate surface area is 188 Å². The van der Waals surface area contributed by atoms with Crippen molar-refractivity contribution in [3.05, 3.63) is 41.6 Å². The predicted molar refractivity (Wildman–Crippen MR) is 129 cm³/mol. The van der Waals surface area contributed by atoms with Crippen molar-refractivity contribution in [2.24, 2.45) is 7.05 Å². The van der Waals surface area contributed by atoms with Crippen LogP contribution in [-0.2, 0) is 25.0 Å². The van der Waals surface area contributed by atoms with Gasteiger partial charge in [-0.25, -0.2) is 0 Å². The van der Waals surface area contributed by atoms with Gasteiger partial charge in [-0.1, -0.05) is 0 Å². The van der Waals surface area contributed by atoms with Gasteiger partial charge < -0.3 is 0 Å². The summed E-state index contributed by atoms with van der Waals surface area (Å²) < 4.78 is 19.6. The Morgan fingerprint density at radius 3 is 1.93 bits per heavy atom. The maximum absolute atomic E-state index is 6.18. The molecule has 2 rings (SSSR count). The van der Waals surface area contributed by atoms with Gasteiger partial charge in [0.05, 0.1) is 0 Å². The molecule has 0 aliphatic rings. The first kappa shape index (κ1) is 25.3. The van der Waals surface area contributed by atoms with Crippen LogP contribution in [0.1, 0.15) is 70.4 Å². The molecule has 0 radical (unpaired) electrons. The molecule has 5 heteroatoms. The second-order valence-corrected chi connectivity index (χ2v) is 21.5. The van der Waals surface area contributed by atoms with Gasteiger partial charge in [0, 0.05) is 0 Å². The Morgan fingerprint density at radius 2 is 1.43 bits per heavy atom. The molecule has 0 spiro atoms. The van der Waals surface area contributed by atoms with Crippen LogP contribution in [-0.4, -0.2) is 35.3 Å². The van der Waals surface area contributed by atoms with Crippen LogP contribution in [0.25, 0.3) is 0 Å². The topological polar surface area (TPSA) is 36.3 Å². The van der Waals surface area contributed by atoms with Crippen molar-refractivity contribution in [3.8, 4) is 5.75 Å².